The van der Waals surface area contributed by atoms with Crippen LogP contribution in [0.25, 0.3) is 0 Å². The van der Waals surface area contributed by atoms with E-state index in [-0.39, 0.29) is 4.90 Å². The number of rotatable bonds is 5. The van der Waals surface area contributed by atoms with Crippen LogP contribution in [0.4, 0.5) is 11.4 Å². The van der Waals surface area contributed by atoms with Gasteiger partial charge in [-0.05, 0) is 55.8 Å². The van der Waals surface area contributed by atoms with Gasteiger partial charge in [-0.1, -0.05) is 17.7 Å². The van der Waals surface area contributed by atoms with Gasteiger partial charge in [-0.25, -0.2) is 8.42 Å². The second kappa shape index (κ2) is 6.37. The lowest BCUT2D eigenvalue weighted by atomic mass is 10.2. The third-order valence-electron chi connectivity index (χ3n) is 2.99. The molecular weight excluding hydrogens is 308 g/mol. The molecule has 0 aromatic heterocycles. The number of anilines is 2. The predicted octanol–water partition coefficient (Wildman–Crippen LogP) is 3.88. The lowest BCUT2D eigenvalue weighted by Crippen LogP contribution is -2.13. The van der Waals surface area contributed by atoms with Gasteiger partial charge in [0.15, 0.2) is 0 Å². The number of halogens is 1. The molecule has 0 saturated carbocycles. The molecule has 0 atom stereocenters. The molecule has 0 bridgehead atoms. The average Bonchev–Trinajstić information content (AvgIpc) is 2.44. The molecule has 112 valence electrons. The Morgan fingerprint density at radius 1 is 1.10 bits per heavy atom. The van der Waals surface area contributed by atoms with Gasteiger partial charge < -0.3 is 5.32 Å². The van der Waals surface area contributed by atoms with Crippen LogP contribution in [0.1, 0.15) is 12.5 Å². The van der Waals surface area contributed by atoms with E-state index in [4.69, 9.17) is 11.6 Å². The van der Waals surface area contributed by atoms with Crippen molar-refractivity contribution in [3.05, 3.63) is 53.1 Å². The molecule has 2 aromatic carbocycles. The molecule has 0 spiro atoms. The quantitative estimate of drug-likeness (QED) is 0.877. The Balaban J connectivity index is 2.27. The van der Waals surface area contributed by atoms with E-state index >= 15 is 0 Å². The fourth-order valence-electron chi connectivity index (χ4n) is 1.86. The summed E-state index contributed by atoms with van der Waals surface area (Å²) in [6.07, 6.45) is 0. The molecule has 0 heterocycles. The maximum atomic E-state index is 12.4. The van der Waals surface area contributed by atoms with Crippen molar-refractivity contribution in [1.29, 1.82) is 0 Å². The SMILES string of the molecule is CCNc1ccc(S(=O)(=O)Nc2cc(Cl)ccc2C)cc1. The maximum Gasteiger partial charge on any atom is 0.261 e. The molecule has 2 aromatic rings. The Bertz CT molecular complexity index is 728. The highest BCUT2D eigenvalue weighted by atomic mass is 35.5. The van der Waals surface area contributed by atoms with Crippen molar-refractivity contribution in [2.75, 3.05) is 16.6 Å². The van der Waals surface area contributed by atoms with Crippen LogP contribution in [-0.2, 0) is 10.0 Å². The summed E-state index contributed by atoms with van der Waals surface area (Å²) in [5, 5.41) is 3.61. The highest BCUT2D eigenvalue weighted by molar-refractivity contribution is 7.92. The van der Waals surface area contributed by atoms with E-state index in [9.17, 15) is 8.42 Å². The first-order valence-electron chi connectivity index (χ1n) is 6.55. The van der Waals surface area contributed by atoms with Crippen LogP contribution in [0.15, 0.2) is 47.4 Å². The monoisotopic (exact) mass is 324 g/mol. The van der Waals surface area contributed by atoms with Gasteiger partial charge in [0.25, 0.3) is 10.0 Å². The Kier molecular flexibility index (Phi) is 4.75. The van der Waals surface area contributed by atoms with Crippen molar-refractivity contribution in [3.63, 3.8) is 0 Å². The Morgan fingerprint density at radius 3 is 2.38 bits per heavy atom. The van der Waals surface area contributed by atoms with Crippen LogP contribution in [0.5, 0.6) is 0 Å². The van der Waals surface area contributed by atoms with Gasteiger partial charge in [0.2, 0.25) is 0 Å². The van der Waals surface area contributed by atoms with Gasteiger partial charge in [-0.15, -0.1) is 0 Å². The highest BCUT2D eigenvalue weighted by Gasteiger charge is 2.15. The third kappa shape index (κ3) is 3.89. The van der Waals surface area contributed by atoms with E-state index in [1.807, 2.05) is 13.8 Å². The number of sulfonamides is 1. The first-order chi connectivity index (χ1) is 9.92. The molecule has 21 heavy (non-hydrogen) atoms. The van der Waals surface area contributed by atoms with Crippen LogP contribution < -0.4 is 10.0 Å². The molecule has 2 rings (SSSR count). The van der Waals surface area contributed by atoms with Crippen LogP contribution >= 0.6 is 11.6 Å². The van der Waals surface area contributed by atoms with Crippen molar-refractivity contribution in [3.8, 4) is 0 Å². The highest BCUT2D eigenvalue weighted by Crippen LogP contribution is 2.24. The first-order valence-corrected chi connectivity index (χ1v) is 8.41. The molecule has 0 aliphatic heterocycles. The predicted molar refractivity (Wildman–Crippen MR) is 87.6 cm³/mol. The minimum absolute atomic E-state index is 0.212. The summed E-state index contributed by atoms with van der Waals surface area (Å²) in [7, 11) is -3.62. The molecule has 4 nitrogen and oxygen atoms in total. The maximum absolute atomic E-state index is 12.4. The summed E-state index contributed by atoms with van der Waals surface area (Å²) in [6.45, 7) is 4.59. The molecule has 0 aliphatic rings. The molecule has 0 aliphatic carbocycles. The molecule has 6 heteroatoms. The zero-order chi connectivity index (χ0) is 15.5. The standard InChI is InChI=1S/C15H17ClN2O2S/c1-3-17-13-6-8-14(9-7-13)21(19,20)18-15-10-12(16)5-4-11(15)2/h4-10,17-18H,3H2,1-2H3. The largest absolute Gasteiger partial charge is 0.385 e. The zero-order valence-electron chi connectivity index (χ0n) is 11.9. The average molecular weight is 325 g/mol. The zero-order valence-corrected chi connectivity index (χ0v) is 13.4. The summed E-state index contributed by atoms with van der Waals surface area (Å²) in [5.74, 6) is 0. The van der Waals surface area contributed by atoms with Gasteiger partial charge >= 0.3 is 0 Å². The lowest BCUT2D eigenvalue weighted by molar-refractivity contribution is 0.601. The Morgan fingerprint density at radius 2 is 1.76 bits per heavy atom. The van der Waals surface area contributed by atoms with Gasteiger partial charge in [-0.3, -0.25) is 4.72 Å². The normalized spacial score (nSPS) is 11.2. The Hall–Kier alpha value is -1.72. The van der Waals surface area contributed by atoms with Crippen LogP contribution in [-0.4, -0.2) is 15.0 Å². The molecule has 0 unspecified atom stereocenters. The summed E-state index contributed by atoms with van der Waals surface area (Å²) in [6, 6.07) is 11.7. The van der Waals surface area contributed by atoms with E-state index in [2.05, 4.69) is 10.0 Å². The molecule has 0 amide bonds. The third-order valence-corrected chi connectivity index (χ3v) is 4.61. The summed E-state index contributed by atoms with van der Waals surface area (Å²) < 4.78 is 27.3. The van der Waals surface area contributed by atoms with Crippen molar-refractivity contribution in [1.82, 2.24) is 0 Å². The fraction of sp³-hybridized carbons (Fsp3) is 0.200. The lowest BCUT2D eigenvalue weighted by Gasteiger charge is -2.11. The minimum Gasteiger partial charge on any atom is -0.385 e. The minimum atomic E-state index is -3.62. The summed E-state index contributed by atoms with van der Waals surface area (Å²) in [5.41, 5.74) is 2.18. The second-order valence-corrected chi connectivity index (χ2v) is 6.74. The topological polar surface area (TPSA) is 58.2 Å². The number of aryl methyl sites for hydroxylation is 1. The van der Waals surface area contributed by atoms with E-state index < -0.39 is 10.0 Å². The number of nitrogens with one attached hydrogen (secondary N) is 2. The van der Waals surface area contributed by atoms with E-state index in [0.29, 0.717) is 10.7 Å². The molecular formula is C15H17ClN2O2S. The summed E-state index contributed by atoms with van der Waals surface area (Å²) >= 11 is 5.90. The fourth-order valence-corrected chi connectivity index (χ4v) is 3.16. The number of hydrogen-bond acceptors (Lipinski definition) is 3. The van der Waals surface area contributed by atoms with Crippen molar-refractivity contribution in [2.24, 2.45) is 0 Å². The smallest absolute Gasteiger partial charge is 0.261 e. The second-order valence-electron chi connectivity index (χ2n) is 4.62. The van der Waals surface area contributed by atoms with Gasteiger partial charge in [0.05, 0.1) is 10.6 Å². The molecule has 0 radical (unpaired) electrons. The van der Waals surface area contributed by atoms with Gasteiger partial charge in [-0.2, -0.15) is 0 Å². The van der Waals surface area contributed by atoms with E-state index in [1.165, 1.54) is 0 Å². The number of hydrogen-bond donors (Lipinski definition) is 2. The van der Waals surface area contributed by atoms with Crippen molar-refractivity contribution >= 4 is 33.0 Å². The van der Waals surface area contributed by atoms with Gasteiger partial charge in [0, 0.05) is 17.3 Å². The molecule has 2 N–H and O–H groups in total. The molecule has 0 saturated heterocycles. The van der Waals surface area contributed by atoms with Crippen LogP contribution in [0.2, 0.25) is 5.02 Å². The number of benzene rings is 2. The van der Waals surface area contributed by atoms with Crippen LogP contribution in [0.3, 0.4) is 0 Å². The first kappa shape index (κ1) is 15.7. The summed E-state index contributed by atoms with van der Waals surface area (Å²) in [4.78, 5) is 0.212. The van der Waals surface area contributed by atoms with E-state index in [0.717, 1.165) is 17.8 Å². The van der Waals surface area contributed by atoms with E-state index in [1.54, 1.807) is 42.5 Å². The van der Waals surface area contributed by atoms with Crippen molar-refractivity contribution < 1.29 is 8.42 Å². The van der Waals surface area contributed by atoms with Crippen LogP contribution in [0, 0.1) is 6.92 Å². The molecule has 0 fully saturated rings. The Labute approximate surface area is 130 Å². The van der Waals surface area contributed by atoms with Gasteiger partial charge in [0.1, 0.15) is 0 Å². The van der Waals surface area contributed by atoms with Crippen molar-refractivity contribution in [2.45, 2.75) is 18.7 Å².